The minimum atomic E-state index is 0.722. The maximum atomic E-state index is 5.95. The molecule has 0 aliphatic rings. The topological polar surface area (TPSA) is 24.9 Å². The largest absolute Gasteiger partial charge is 0.380 e. The third-order valence-corrected chi connectivity index (χ3v) is 4.20. The van der Waals surface area contributed by atoms with Gasteiger partial charge in [-0.1, -0.05) is 23.7 Å². The number of nitrogens with zero attached hydrogens (tertiary/aromatic N) is 1. The van der Waals surface area contributed by atoms with Crippen LogP contribution < -0.4 is 5.32 Å². The Morgan fingerprint density at radius 3 is 2.76 bits per heavy atom. The zero-order valence-corrected chi connectivity index (χ0v) is 13.9. The monoisotopic (exact) mass is 360 g/mol. The third-order valence-electron chi connectivity index (χ3n) is 3.31. The Hall–Kier alpha value is -1.58. The number of anilines is 1. The van der Waals surface area contributed by atoms with Crippen LogP contribution in [0, 0.1) is 6.92 Å². The van der Waals surface area contributed by atoms with Crippen molar-refractivity contribution in [1.29, 1.82) is 0 Å². The Morgan fingerprint density at radius 1 is 1.10 bits per heavy atom. The summed E-state index contributed by atoms with van der Waals surface area (Å²) in [6.07, 6.45) is 0. The lowest BCUT2D eigenvalue weighted by Gasteiger charge is -2.10. The van der Waals surface area contributed by atoms with Crippen LogP contribution >= 0.6 is 27.5 Å². The van der Waals surface area contributed by atoms with Crippen LogP contribution in [0.1, 0.15) is 11.3 Å². The van der Waals surface area contributed by atoms with Gasteiger partial charge in [0.25, 0.3) is 0 Å². The SMILES string of the molecule is Cc1ccc2cc(CNc3ccc(Cl)cc3Br)ccc2n1. The van der Waals surface area contributed by atoms with E-state index in [-0.39, 0.29) is 0 Å². The zero-order chi connectivity index (χ0) is 14.8. The molecule has 4 heteroatoms. The van der Waals surface area contributed by atoms with Crippen molar-refractivity contribution in [3.63, 3.8) is 0 Å². The van der Waals surface area contributed by atoms with Gasteiger partial charge in [0.1, 0.15) is 0 Å². The normalized spacial score (nSPS) is 10.8. The Bertz CT molecular complexity index is 802. The Balaban J connectivity index is 1.80. The van der Waals surface area contributed by atoms with Crippen LogP contribution in [0.15, 0.2) is 53.0 Å². The van der Waals surface area contributed by atoms with E-state index in [1.807, 2.05) is 31.2 Å². The number of hydrogen-bond acceptors (Lipinski definition) is 2. The molecule has 0 saturated carbocycles. The lowest BCUT2D eigenvalue weighted by Crippen LogP contribution is -2.00. The van der Waals surface area contributed by atoms with Crippen molar-refractivity contribution in [3.05, 3.63) is 69.3 Å². The number of aromatic nitrogens is 1. The molecule has 2 nitrogen and oxygen atoms in total. The Labute approximate surface area is 137 Å². The molecule has 2 aromatic carbocycles. The predicted octanol–water partition coefficient (Wildman–Crippen LogP) is 5.57. The predicted molar refractivity (Wildman–Crippen MR) is 93.0 cm³/mol. The van der Waals surface area contributed by atoms with Crippen LogP contribution in [-0.2, 0) is 6.54 Å². The number of pyridine rings is 1. The fourth-order valence-corrected chi connectivity index (χ4v) is 3.04. The molecular formula is C17H14BrClN2. The summed E-state index contributed by atoms with van der Waals surface area (Å²) in [6, 6.07) is 16.2. The molecule has 21 heavy (non-hydrogen) atoms. The molecule has 1 N–H and O–H groups in total. The van der Waals surface area contributed by atoms with Crippen molar-refractivity contribution in [3.8, 4) is 0 Å². The number of benzene rings is 2. The van der Waals surface area contributed by atoms with Crippen molar-refractivity contribution in [2.45, 2.75) is 13.5 Å². The molecule has 1 aromatic heterocycles. The van der Waals surface area contributed by atoms with Crippen LogP contribution in [-0.4, -0.2) is 4.98 Å². The molecule has 106 valence electrons. The first-order chi connectivity index (χ1) is 10.1. The van der Waals surface area contributed by atoms with Crippen molar-refractivity contribution >= 4 is 44.1 Å². The average Bonchev–Trinajstić information content (AvgIpc) is 2.46. The van der Waals surface area contributed by atoms with Crippen molar-refractivity contribution in [2.24, 2.45) is 0 Å². The quantitative estimate of drug-likeness (QED) is 0.659. The second-order valence-corrected chi connectivity index (χ2v) is 6.25. The maximum absolute atomic E-state index is 5.95. The van der Waals surface area contributed by atoms with E-state index in [4.69, 9.17) is 11.6 Å². The summed E-state index contributed by atoms with van der Waals surface area (Å²) in [7, 11) is 0. The van der Waals surface area contributed by atoms with Crippen LogP contribution in [0.25, 0.3) is 10.9 Å². The molecule has 1 heterocycles. The second-order valence-electron chi connectivity index (χ2n) is 4.96. The van der Waals surface area contributed by atoms with Gasteiger partial charge >= 0.3 is 0 Å². The fourth-order valence-electron chi connectivity index (χ4n) is 2.22. The van der Waals surface area contributed by atoms with E-state index in [1.54, 1.807) is 0 Å². The van der Waals surface area contributed by atoms with E-state index < -0.39 is 0 Å². The molecule has 0 aliphatic heterocycles. The summed E-state index contributed by atoms with van der Waals surface area (Å²) in [5, 5.41) is 5.29. The number of rotatable bonds is 3. The van der Waals surface area contributed by atoms with Crippen LogP contribution in [0.4, 0.5) is 5.69 Å². The van der Waals surface area contributed by atoms with Gasteiger partial charge in [0, 0.05) is 32.8 Å². The highest BCUT2D eigenvalue weighted by Gasteiger charge is 2.02. The van der Waals surface area contributed by atoms with Crippen LogP contribution in [0.2, 0.25) is 5.02 Å². The van der Waals surface area contributed by atoms with Crippen molar-refractivity contribution < 1.29 is 0 Å². The minimum Gasteiger partial charge on any atom is -0.380 e. The first-order valence-electron chi connectivity index (χ1n) is 6.67. The van der Waals surface area contributed by atoms with E-state index >= 15 is 0 Å². The van der Waals surface area contributed by atoms with E-state index in [0.717, 1.165) is 38.3 Å². The first kappa shape index (κ1) is 14.4. The number of fused-ring (bicyclic) bond motifs is 1. The Morgan fingerprint density at radius 2 is 1.95 bits per heavy atom. The van der Waals surface area contributed by atoms with Crippen molar-refractivity contribution in [1.82, 2.24) is 4.98 Å². The van der Waals surface area contributed by atoms with Crippen molar-refractivity contribution in [2.75, 3.05) is 5.32 Å². The highest BCUT2D eigenvalue weighted by atomic mass is 79.9. The summed E-state index contributed by atoms with van der Waals surface area (Å²) in [4.78, 5) is 4.52. The molecule has 0 spiro atoms. The van der Waals surface area contributed by atoms with E-state index in [0.29, 0.717) is 0 Å². The second kappa shape index (κ2) is 6.04. The fraction of sp³-hybridized carbons (Fsp3) is 0.118. The van der Waals surface area contributed by atoms with Crippen LogP contribution in [0.5, 0.6) is 0 Å². The van der Waals surface area contributed by atoms with Gasteiger partial charge < -0.3 is 5.32 Å². The lowest BCUT2D eigenvalue weighted by molar-refractivity contribution is 1.15. The molecule has 3 rings (SSSR count). The minimum absolute atomic E-state index is 0.722. The molecule has 0 bridgehead atoms. The molecule has 0 saturated heterocycles. The number of hydrogen-bond donors (Lipinski definition) is 1. The van der Waals surface area contributed by atoms with Gasteiger partial charge in [-0.3, -0.25) is 4.98 Å². The van der Waals surface area contributed by atoms with E-state index in [9.17, 15) is 0 Å². The zero-order valence-electron chi connectivity index (χ0n) is 11.5. The summed E-state index contributed by atoms with van der Waals surface area (Å²) >= 11 is 9.46. The number of nitrogens with one attached hydrogen (secondary N) is 1. The molecule has 0 unspecified atom stereocenters. The molecule has 0 fully saturated rings. The van der Waals surface area contributed by atoms with Gasteiger partial charge in [-0.05, 0) is 64.8 Å². The summed E-state index contributed by atoms with van der Waals surface area (Å²) in [5.74, 6) is 0. The van der Waals surface area contributed by atoms with Crippen LogP contribution in [0.3, 0.4) is 0 Å². The Kier molecular flexibility index (Phi) is 4.13. The summed E-state index contributed by atoms with van der Waals surface area (Å²) in [6.45, 7) is 2.76. The van der Waals surface area contributed by atoms with Gasteiger partial charge in [0.2, 0.25) is 0 Å². The highest BCUT2D eigenvalue weighted by molar-refractivity contribution is 9.10. The van der Waals surface area contributed by atoms with E-state index in [1.165, 1.54) is 5.56 Å². The van der Waals surface area contributed by atoms with Gasteiger partial charge in [0.15, 0.2) is 0 Å². The molecule has 0 amide bonds. The highest BCUT2D eigenvalue weighted by Crippen LogP contribution is 2.26. The summed E-state index contributed by atoms with van der Waals surface area (Å²) < 4.78 is 0.966. The molecule has 0 aliphatic carbocycles. The number of halogens is 2. The van der Waals surface area contributed by atoms with Gasteiger partial charge in [-0.15, -0.1) is 0 Å². The first-order valence-corrected chi connectivity index (χ1v) is 7.84. The van der Waals surface area contributed by atoms with Gasteiger partial charge in [-0.2, -0.15) is 0 Å². The van der Waals surface area contributed by atoms with Gasteiger partial charge in [-0.25, -0.2) is 0 Å². The summed E-state index contributed by atoms with van der Waals surface area (Å²) in [5.41, 5.74) is 4.32. The lowest BCUT2D eigenvalue weighted by atomic mass is 10.1. The molecule has 0 radical (unpaired) electrons. The van der Waals surface area contributed by atoms with Gasteiger partial charge in [0.05, 0.1) is 5.52 Å². The standard InChI is InChI=1S/C17H14BrClN2/c1-11-2-4-13-8-12(3-6-16(13)21-11)10-20-17-7-5-14(19)9-15(17)18/h2-9,20H,10H2,1H3. The third kappa shape index (κ3) is 3.36. The molecule has 0 atom stereocenters. The molecule has 3 aromatic rings. The smallest absolute Gasteiger partial charge is 0.0705 e. The van der Waals surface area contributed by atoms with E-state index in [2.05, 4.69) is 50.5 Å². The molecular weight excluding hydrogens is 348 g/mol. The maximum Gasteiger partial charge on any atom is 0.0705 e. The number of aryl methyl sites for hydroxylation is 1. The average molecular weight is 362 g/mol.